The SMILES string of the molecule is CCCCN(CCCC)c1ccc(C(=C2C=CC(=[N+](CCCC)CCCC)C=C2)c2ccc(S(=O)(=O)[O-])cc2)cc1. The van der Waals surface area contributed by atoms with Crippen LogP contribution in [-0.4, -0.2) is 49.4 Å². The first-order valence-corrected chi connectivity index (χ1v) is 16.9. The standard InChI is InChI=1S/C35H48N2O3S/c1-5-9-25-36(26-10-6-2)32-19-13-29(14-20-32)35(31-17-23-34(24-18-31)41(38,39)40)30-15-21-33(22-16-30)37(27-11-7-3)28-12-8-4/h13-24H,5-12,25-28H2,1-4H3. The van der Waals surface area contributed by atoms with Crippen LogP contribution in [0.15, 0.2) is 83.3 Å². The zero-order valence-electron chi connectivity index (χ0n) is 25.4. The van der Waals surface area contributed by atoms with Gasteiger partial charge in [0.05, 0.1) is 4.90 Å². The van der Waals surface area contributed by atoms with Crippen LogP contribution in [-0.2, 0) is 10.1 Å². The van der Waals surface area contributed by atoms with Crippen LogP contribution in [0.1, 0.15) is 90.2 Å². The average molecular weight is 577 g/mol. The summed E-state index contributed by atoms with van der Waals surface area (Å²) < 4.78 is 37.2. The van der Waals surface area contributed by atoms with Crippen molar-refractivity contribution < 1.29 is 17.5 Å². The molecule has 0 N–H and O–H groups in total. The molecule has 0 heterocycles. The maximum absolute atomic E-state index is 11.6. The first kappa shape index (κ1) is 32.6. The van der Waals surface area contributed by atoms with E-state index in [2.05, 4.69) is 85.7 Å². The Morgan fingerprint density at radius 2 is 1.15 bits per heavy atom. The Labute approximate surface area is 248 Å². The molecule has 0 aromatic heterocycles. The summed E-state index contributed by atoms with van der Waals surface area (Å²) in [6.07, 6.45) is 18.0. The van der Waals surface area contributed by atoms with E-state index >= 15 is 0 Å². The Morgan fingerprint density at radius 3 is 1.59 bits per heavy atom. The van der Waals surface area contributed by atoms with E-state index in [4.69, 9.17) is 0 Å². The van der Waals surface area contributed by atoms with Gasteiger partial charge in [0.1, 0.15) is 23.2 Å². The molecule has 0 spiro atoms. The number of rotatable bonds is 16. The van der Waals surface area contributed by atoms with Gasteiger partial charge in [-0.3, -0.25) is 0 Å². The maximum Gasteiger partial charge on any atom is 0.199 e. The van der Waals surface area contributed by atoms with Crippen molar-refractivity contribution in [1.29, 1.82) is 0 Å². The average Bonchev–Trinajstić information content (AvgIpc) is 2.98. The largest absolute Gasteiger partial charge is 0.744 e. The predicted molar refractivity (Wildman–Crippen MR) is 172 cm³/mol. The fraction of sp³-hybridized carbons (Fsp3) is 0.457. The van der Waals surface area contributed by atoms with Crippen LogP contribution < -0.4 is 4.90 Å². The van der Waals surface area contributed by atoms with Crippen molar-refractivity contribution in [2.75, 3.05) is 31.1 Å². The van der Waals surface area contributed by atoms with E-state index in [0.29, 0.717) is 0 Å². The lowest BCUT2D eigenvalue weighted by Crippen LogP contribution is -2.25. The topological polar surface area (TPSA) is 63.5 Å². The second-order valence-corrected chi connectivity index (χ2v) is 12.2. The summed E-state index contributed by atoms with van der Waals surface area (Å²) in [7, 11) is -4.51. The fourth-order valence-corrected chi connectivity index (χ4v) is 5.57. The molecule has 3 rings (SSSR count). The summed E-state index contributed by atoms with van der Waals surface area (Å²) in [5.41, 5.74) is 6.44. The lowest BCUT2D eigenvalue weighted by molar-refractivity contribution is -0.527. The molecule has 1 aliphatic carbocycles. The number of nitrogens with zero attached hydrogens (tertiary/aromatic N) is 2. The molecular weight excluding hydrogens is 528 g/mol. The Bertz CT molecular complexity index is 1300. The van der Waals surface area contributed by atoms with Crippen molar-refractivity contribution in [3.05, 3.63) is 89.5 Å². The molecule has 0 saturated heterocycles. The second-order valence-electron chi connectivity index (χ2n) is 10.8. The molecular formula is C35H48N2O3S. The smallest absolute Gasteiger partial charge is 0.199 e. The van der Waals surface area contributed by atoms with Crippen LogP contribution in [0.4, 0.5) is 5.69 Å². The van der Waals surface area contributed by atoms with Crippen LogP contribution in [0.3, 0.4) is 0 Å². The number of unbranched alkanes of at least 4 members (excludes halogenated alkanes) is 4. The summed E-state index contributed by atoms with van der Waals surface area (Å²) in [4.78, 5) is 2.26. The van der Waals surface area contributed by atoms with Gasteiger partial charge in [0.15, 0.2) is 5.71 Å². The minimum Gasteiger partial charge on any atom is -0.744 e. The van der Waals surface area contributed by atoms with Gasteiger partial charge in [-0.25, -0.2) is 13.0 Å². The molecule has 5 nitrogen and oxygen atoms in total. The van der Waals surface area contributed by atoms with Gasteiger partial charge in [0, 0.05) is 43.8 Å². The van der Waals surface area contributed by atoms with Crippen molar-refractivity contribution in [3.8, 4) is 0 Å². The van der Waals surface area contributed by atoms with Crippen LogP contribution >= 0.6 is 0 Å². The molecule has 2 aromatic rings. The zero-order valence-corrected chi connectivity index (χ0v) is 26.3. The lowest BCUT2D eigenvalue weighted by Gasteiger charge is -2.25. The number of hydrogen-bond donors (Lipinski definition) is 0. The molecule has 0 saturated carbocycles. The van der Waals surface area contributed by atoms with E-state index < -0.39 is 10.1 Å². The van der Waals surface area contributed by atoms with Crippen LogP contribution in [0.25, 0.3) is 5.57 Å². The van der Waals surface area contributed by atoms with Crippen LogP contribution in [0, 0.1) is 0 Å². The fourth-order valence-electron chi connectivity index (χ4n) is 5.10. The summed E-state index contributed by atoms with van der Waals surface area (Å²) >= 11 is 0. The number of hydrogen-bond acceptors (Lipinski definition) is 4. The third-order valence-electron chi connectivity index (χ3n) is 7.60. The minimum atomic E-state index is -4.51. The van der Waals surface area contributed by atoms with E-state index in [1.54, 1.807) is 12.1 Å². The van der Waals surface area contributed by atoms with Crippen molar-refractivity contribution in [2.24, 2.45) is 0 Å². The van der Waals surface area contributed by atoms with E-state index in [9.17, 15) is 13.0 Å². The van der Waals surface area contributed by atoms with Gasteiger partial charge in [-0.2, -0.15) is 0 Å². The summed E-state index contributed by atoms with van der Waals surface area (Å²) in [5, 5.41) is 0. The summed E-state index contributed by atoms with van der Waals surface area (Å²) in [5.74, 6) is 0. The van der Waals surface area contributed by atoms with Crippen molar-refractivity contribution in [2.45, 2.75) is 84.0 Å². The van der Waals surface area contributed by atoms with Crippen molar-refractivity contribution >= 4 is 27.1 Å². The zero-order chi connectivity index (χ0) is 29.7. The first-order valence-electron chi connectivity index (χ1n) is 15.5. The van der Waals surface area contributed by atoms with Crippen molar-refractivity contribution in [3.63, 3.8) is 0 Å². The van der Waals surface area contributed by atoms with Gasteiger partial charge >= 0.3 is 0 Å². The molecule has 222 valence electrons. The molecule has 41 heavy (non-hydrogen) atoms. The van der Waals surface area contributed by atoms with Gasteiger partial charge in [-0.05, 0) is 71.5 Å². The van der Waals surface area contributed by atoms with Gasteiger partial charge in [-0.1, -0.05) is 77.6 Å². The van der Waals surface area contributed by atoms with E-state index in [0.717, 1.165) is 99.8 Å². The molecule has 0 bridgehead atoms. The third-order valence-corrected chi connectivity index (χ3v) is 8.45. The molecule has 0 fully saturated rings. The van der Waals surface area contributed by atoms with Gasteiger partial charge < -0.3 is 9.45 Å². The van der Waals surface area contributed by atoms with Gasteiger partial charge in [0.2, 0.25) is 0 Å². The lowest BCUT2D eigenvalue weighted by atomic mass is 9.90. The normalized spacial score (nSPS) is 13.1. The molecule has 1 aliphatic rings. The molecule has 0 aliphatic heterocycles. The monoisotopic (exact) mass is 576 g/mol. The number of anilines is 1. The molecule has 0 radical (unpaired) electrons. The second kappa shape index (κ2) is 16.5. The molecule has 0 atom stereocenters. The van der Waals surface area contributed by atoms with Crippen molar-refractivity contribution in [1.82, 2.24) is 0 Å². The van der Waals surface area contributed by atoms with Gasteiger partial charge in [-0.15, -0.1) is 0 Å². The van der Waals surface area contributed by atoms with Crippen LogP contribution in [0.2, 0.25) is 0 Å². The Hall–Kier alpha value is -2.96. The highest BCUT2D eigenvalue weighted by Gasteiger charge is 2.17. The molecule has 2 aromatic carbocycles. The van der Waals surface area contributed by atoms with E-state index in [1.807, 2.05) is 0 Å². The summed E-state index contributed by atoms with van der Waals surface area (Å²) in [6, 6.07) is 15.0. The minimum absolute atomic E-state index is 0.212. The highest BCUT2D eigenvalue weighted by atomic mass is 32.2. The molecule has 6 heteroatoms. The Kier molecular flexibility index (Phi) is 13.1. The predicted octanol–water partition coefficient (Wildman–Crippen LogP) is 7.98. The maximum atomic E-state index is 11.6. The molecule has 0 unspecified atom stereocenters. The Morgan fingerprint density at radius 1 is 0.683 bits per heavy atom. The van der Waals surface area contributed by atoms with E-state index in [-0.39, 0.29) is 4.90 Å². The number of allylic oxidation sites excluding steroid dienone is 5. The number of benzene rings is 2. The highest BCUT2D eigenvalue weighted by Crippen LogP contribution is 2.32. The van der Waals surface area contributed by atoms with Gasteiger partial charge in [0.25, 0.3) is 0 Å². The Balaban J connectivity index is 2.05. The summed E-state index contributed by atoms with van der Waals surface area (Å²) in [6.45, 7) is 13.1. The first-order chi connectivity index (χ1) is 19.8. The highest BCUT2D eigenvalue weighted by molar-refractivity contribution is 7.85. The van der Waals surface area contributed by atoms with E-state index in [1.165, 1.54) is 23.5 Å². The third kappa shape index (κ3) is 9.54. The quantitative estimate of drug-likeness (QED) is 0.150. The molecule has 0 amide bonds. The van der Waals surface area contributed by atoms with Crippen LogP contribution in [0.5, 0.6) is 0 Å².